The van der Waals surface area contributed by atoms with Crippen LogP contribution in [0.2, 0.25) is 5.02 Å². The maximum atomic E-state index is 11.3. The molecule has 0 fully saturated rings. The minimum Gasteiger partial charge on any atom is -0.484 e. The molecule has 1 aliphatic heterocycles. The second-order valence-corrected chi connectivity index (χ2v) is 5.54. The Morgan fingerprint density at radius 1 is 1.38 bits per heavy atom. The third-order valence-corrected chi connectivity index (χ3v) is 3.93. The van der Waals surface area contributed by atoms with Crippen molar-refractivity contribution in [3.05, 3.63) is 40.4 Å². The first-order valence-electron chi connectivity index (χ1n) is 6.99. The average Bonchev–Trinajstić information content (AvgIpc) is 2.89. The summed E-state index contributed by atoms with van der Waals surface area (Å²) in [5.74, 6) is 2.37. The number of carbonyl (C=O) groups is 1. The Hall–Kier alpha value is -1.88. The van der Waals surface area contributed by atoms with Crippen molar-refractivity contribution in [3.8, 4) is 5.75 Å². The molecule has 0 unspecified atom stereocenters. The van der Waals surface area contributed by atoms with Gasteiger partial charge in [-0.25, -0.2) is 0 Å². The van der Waals surface area contributed by atoms with Gasteiger partial charge in [-0.1, -0.05) is 11.6 Å². The topological polar surface area (TPSA) is 57.0 Å². The number of carbonyl (C=O) groups excluding carboxylic acids is 1. The Bertz CT molecular complexity index is 682. The molecule has 5 nitrogen and oxygen atoms in total. The summed E-state index contributed by atoms with van der Waals surface area (Å²) in [4.78, 5) is 11.3. The number of Topliss-reactive ketones (excluding diaryl/α,β-unsaturated/α-hetero) is 1. The molecule has 6 heteroatoms. The smallest absolute Gasteiger partial charge is 0.171 e. The van der Waals surface area contributed by atoms with Gasteiger partial charge in [0.2, 0.25) is 0 Å². The fraction of sp³-hybridized carbons (Fsp3) is 0.400. The van der Waals surface area contributed by atoms with Crippen LogP contribution in [-0.2, 0) is 19.6 Å². The zero-order chi connectivity index (χ0) is 14.8. The molecule has 1 aromatic carbocycles. The lowest BCUT2D eigenvalue weighted by molar-refractivity contribution is 0.101. The van der Waals surface area contributed by atoms with E-state index in [4.69, 9.17) is 16.3 Å². The van der Waals surface area contributed by atoms with Crippen LogP contribution in [0.3, 0.4) is 0 Å². The van der Waals surface area contributed by atoms with Crippen LogP contribution in [-0.4, -0.2) is 20.5 Å². The van der Waals surface area contributed by atoms with Crippen LogP contribution in [0.15, 0.2) is 18.2 Å². The van der Waals surface area contributed by atoms with Crippen LogP contribution >= 0.6 is 11.6 Å². The molecule has 2 heterocycles. The number of hydrogen-bond acceptors (Lipinski definition) is 4. The van der Waals surface area contributed by atoms with Gasteiger partial charge in [0.1, 0.15) is 18.2 Å². The molecule has 1 aliphatic rings. The number of fused-ring (bicyclic) bond motifs is 1. The molecule has 0 spiro atoms. The number of halogens is 1. The van der Waals surface area contributed by atoms with E-state index in [9.17, 15) is 4.79 Å². The summed E-state index contributed by atoms with van der Waals surface area (Å²) < 4.78 is 7.83. The largest absolute Gasteiger partial charge is 0.484 e. The quantitative estimate of drug-likeness (QED) is 0.815. The van der Waals surface area contributed by atoms with Gasteiger partial charge in [-0.2, -0.15) is 0 Å². The van der Waals surface area contributed by atoms with E-state index in [0.29, 0.717) is 22.9 Å². The van der Waals surface area contributed by atoms with Crippen molar-refractivity contribution in [1.29, 1.82) is 0 Å². The normalized spacial score (nSPS) is 13.8. The molecule has 110 valence electrons. The van der Waals surface area contributed by atoms with E-state index in [-0.39, 0.29) is 5.78 Å². The minimum absolute atomic E-state index is 0.0185. The Morgan fingerprint density at radius 2 is 2.24 bits per heavy atom. The van der Waals surface area contributed by atoms with Gasteiger partial charge in [-0.3, -0.25) is 4.79 Å². The standard InChI is InChI=1S/C15H16ClN3O2/c1-10(20)11-5-6-13(12(16)8-11)21-9-15-18-17-14-4-2-3-7-19(14)15/h5-6,8H,2-4,7,9H2,1H3. The number of benzene rings is 1. The van der Waals surface area contributed by atoms with E-state index in [1.807, 2.05) is 0 Å². The Kier molecular flexibility index (Phi) is 3.92. The average molecular weight is 306 g/mol. The van der Waals surface area contributed by atoms with Gasteiger partial charge in [0.05, 0.1) is 5.02 Å². The lowest BCUT2D eigenvalue weighted by Crippen LogP contribution is -2.14. The molecule has 0 aliphatic carbocycles. The summed E-state index contributed by atoms with van der Waals surface area (Å²) in [7, 11) is 0. The highest BCUT2D eigenvalue weighted by atomic mass is 35.5. The van der Waals surface area contributed by atoms with Gasteiger partial charge in [0.25, 0.3) is 0 Å². The second-order valence-electron chi connectivity index (χ2n) is 5.13. The van der Waals surface area contributed by atoms with Crippen molar-refractivity contribution in [1.82, 2.24) is 14.8 Å². The molecule has 0 amide bonds. The molecular formula is C15H16ClN3O2. The summed E-state index contributed by atoms with van der Waals surface area (Å²) >= 11 is 6.14. The van der Waals surface area contributed by atoms with Crippen molar-refractivity contribution in [2.45, 2.75) is 39.3 Å². The molecule has 0 bridgehead atoms. The van der Waals surface area contributed by atoms with Crippen LogP contribution in [0, 0.1) is 0 Å². The van der Waals surface area contributed by atoms with Crippen LogP contribution in [0.4, 0.5) is 0 Å². The highest BCUT2D eigenvalue weighted by Gasteiger charge is 2.16. The second kappa shape index (κ2) is 5.85. The SMILES string of the molecule is CC(=O)c1ccc(OCc2nnc3n2CCCC3)c(Cl)c1. The zero-order valence-corrected chi connectivity index (χ0v) is 12.6. The monoisotopic (exact) mass is 305 g/mol. The first-order valence-corrected chi connectivity index (χ1v) is 7.37. The summed E-state index contributed by atoms with van der Waals surface area (Å²) in [5, 5.41) is 8.79. The Morgan fingerprint density at radius 3 is 3.00 bits per heavy atom. The molecule has 0 radical (unpaired) electrons. The van der Waals surface area contributed by atoms with E-state index in [1.165, 1.54) is 6.92 Å². The summed E-state index contributed by atoms with van der Waals surface area (Å²) in [6.07, 6.45) is 3.28. The highest BCUT2D eigenvalue weighted by molar-refractivity contribution is 6.32. The number of rotatable bonds is 4. The Labute approximate surface area is 127 Å². The first kappa shape index (κ1) is 14.1. The molecule has 0 saturated heterocycles. The van der Waals surface area contributed by atoms with E-state index in [0.717, 1.165) is 37.5 Å². The van der Waals surface area contributed by atoms with Gasteiger partial charge in [-0.15, -0.1) is 10.2 Å². The van der Waals surface area contributed by atoms with Crippen molar-refractivity contribution in [2.75, 3.05) is 0 Å². The van der Waals surface area contributed by atoms with Gasteiger partial charge < -0.3 is 9.30 Å². The number of ketones is 1. The first-order chi connectivity index (χ1) is 10.1. The number of nitrogens with zero attached hydrogens (tertiary/aromatic N) is 3. The summed E-state index contributed by atoms with van der Waals surface area (Å²) in [5.41, 5.74) is 0.576. The summed E-state index contributed by atoms with van der Waals surface area (Å²) in [6, 6.07) is 5.05. The van der Waals surface area contributed by atoms with E-state index < -0.39 is 0 Å². The molecule has 0 saturated carbocycles. The van der Waals surface area contributed by atoms with Crippen molar-refractivity contribution < 1.29 is 9.53 Å². The predicted octanol–water partition coefficient (Wildman–Crippen LogP) is 3.05. The highest BCUT2D eigenvalue weighted by Crippen LogP contribution is 2.26. The lowest BCUT2D eigenvalue weighted by atomic mass is 10.1. The maximum absolute atomic E-state index is 11.3. The van der Waals surface area contributed by atoms with Crippen LogP contribution in [0.5, 0.6) is 5.75 Å². The van der Waals surface area contributed by atoms with Crippen LogP contribution in [0.25, 0.3) is 0 Å². The van der Waals surface area contributed by atoms with E-state index >= 15 is 0 Å². The Balaban J connectivity index is 1.73. The molecule has 3 rings (SSSR count). The van der Waals surface area contributed by atoms with Gasteiger partial charge in [-0.05, 0) is 38.0 Å². The van der Waals surface area contributed by atoms with Gasteiger partial charge in [0.15, 0.2) is 11.6 Å². The van der Waals surface area contributed by atoms with Crippen LogP contribution < -0.4 is 4.74 Å². The molecule has 0 atom stereocenters. The summed E-state index contributed by atoms with van der Waals surface area (Å²) in [6.45, 7) is 2.78. The van der Waals surface area contributed by atoms with E-state index in [2.05, 4.69) is 14.8 Å². The fourth-order valence-corrected chi connectivity index (χ4v) is 2.69. The number of aromatic nitrogens is 3. The van der Waals surface area contributed by atoms with Crippen LogP contribution in [0.1, 0.15) is 41.8 Å². The van der Waals surface area contributed by atoms with Crippen molar-refractivity contribution in [3.63, 3.8) is 0 Å². The maximum Gasteiger partial charge on any atom is 0.171 e. The molecular weight excluding hydrogens is 290 g/mol. The van der Waals surface area contributed by atoms with Crippen molar-refractivity contribution >= 4 is 17.4 Å². The molecule has 0 N–H and O–H groups in total. The molecule has 21 heavy (non-hydrogen) atoms. The number of aryl methyl sites for hydroxylation is 1. The van der Waals surface area contributed by atoms with Gasteiger partial charge in [0, 0.05) is 18.5 Å². The van der Waals surface area contributed by atoms with Crippen molar-refractivity contribution in [2.24, 2.45) is 0 Å². The van der Waals surface area contributed by atoms with E-state index in [1.54, 1.807) is 18.2 Å². The third-order valence-electron chi connectivity index (χ3n) is 3.63. The minimum atomic E-state index is -0.0185. The predicted molar refractivity (Wildman–Crippen MR) is 78.7 cm³/mol. The lowest BCUT2D eigenvalue weighted by Gasteiger charge is -2.15. The molecule has 2 aromatic rings. The zero-order valence-electron chi connectivity index (χ0n) is 11.8. The fourth-order valence-electron chi connectivity index (χ4n) is 2.45. The third kappa shape index (κ3) is 2.93. The number of hydrogen-bond donors (Lipinski definition) is 0. The molecule has 1 aromatic heterocycles. The number of ether oxygens (including phenoxy) is 1. The van der Waals surface area contributed by atoms with Gasteiger partial charge >= 0.3 is 0 Å².